The smallest absolute Gasteiger partial charge is 0.239 e. The summed E-state index contributed by atoms with van der Waals surface area (Å²) in [5, 5.41) is 4.62. The molecule has 0 aromatic carbocycles. The molecule has 13 heavy (non-hydrogen) atoms. The lowest BCUT2D eigenvalue weighted by molar-refractivity contribution is 0.856. The highest BCUT2D eigenvalue weighted by atomic mass is 32.1. The third-order valence-electron chi connectivity index (χ3n) is 1.48. The predicted octanol–water partition coefficient (Wildman–Crippen LogP) is 0.263. The van der Waals surface area contributed by atoms with Gasteiger partial charge in [0.05, 0.1) is 0 Å². The molecule has 0 bridgehead atoms. The Balaban J connectivity index is 2.35. The minimum Gasteiger partial charge on any atom is -0.366 e. The molecule has 0 aliphatic rings. The van der Waals surface area contributed by atoms with Crippen molar-refractivity contribution in [2.24, 2.45) is 0 Å². The number of hydrogen-bond donors (Lipinski definition) is 1. The molecule has 0 aliphatic carbocycles. The molecule has 2 rings (SSSR count). The van der Waals surface area contributed by atoms with Gasteiger partial charge in [-0.05, 0) is 0 Å². The maximum absolute atomic E-state index is 5.37. The molecule has 0 unspecified atom stereocenters. The Kier molecular flexibility index (Phi) is 1.93. The van der Waals surface area contributed by atoms with Gasteiger partial charge >= 0.3 is 0 Å². The fourth-order valence-electron chi connectivity index (χ4n) is 0.849. The van der Waals surface area contributed by atoms with E-state index in [-0.39, 0.29) is 5.95 Å². The summed E-state index contributed by atoms with van der Waals surface area (Å²) in [7, 11) is 0. The Hall–Kier alpha value is -1.50. The molecule has 0 saturated heterocycles. The Morgan fingerprint density at radius 3 is 3.00 bits per heavy atom. The number of aryl methyl sites for hydroxylation is 1. The van der Waals surface area contributed by atoms with E-state index in [1.165, 1.54) is 22.5 Å². The molecule has 68 valence electrons. The van der Waals surface area contributed by atoms with Crippen LogP contribution >= 0.6 is 11.5 Å². The summed E-state index contributed by atoms with van der Waals surface area (Å²) in [6, 6.07) is 0. The summed E-state index contributed by atoms with van der Waals surface area (Å²) >= 11 is 1.28. The van der Waals surface area contributed by atoms with Crippen LogP contribution < -0.4 is 5.73 Å². The third-order valence-corrected chi connectivity index (χ3v) is 2.22. The number of aromatic nitrogens is 5. The van der Waals surface area contributed by atoms with E-state index in [0.717, 1.165) is 12.2 Å². The molecule has 2 aromatic heterocycles. The van der Waals surface area contributed by atoms with Crippen molar-refractivity contribution in [3.63, 3.8) is 0 Å². The van der Waals surface area contributed by atoms with Crippen LogP contribution in [0.25, 0.3) is 5.13 Å². The first-order chi connectivity index (χ1) is 6.29. The Labute approximate surface area is 78.6 Å². The van der Waals surface area contributed by atoms with Crippen LogP contribution in [0, 0.1) is 0 Å². The Bertz CT molecular complexity index is 405. The van der Waals surface area contributed by atoms with Gasteiger partial charge in [0.2, 0.25) is 11.1 Å². The maximum Gasteiger partial charge on any atom is 0.239 e. The van der Waals surface area contributed by atoms with Crippen LogP contribution in [0.1, 0.15) is 12.7 Å². The number of hydrogen-bond acceptors (Lipinski definition) is 6. The van der Waals surface area contributed by atoms with Crippen LogP contribution in [0.3, 0.4) is 0 Å². The minimum atomic E-state index is 0.244. The monoisotopic (exact) mass is 196 g/mol. The molecule has 7 heteroatoms. The second-order valence-electron chi connectivity index (χ2n) is 2.39. The zero-order chi connectivity index (χ0) is 9.26. The van der Waals surface area contributed by atoms with Gasteiger partial charge in [0.15, 0.2) is 0 Å². The molecule has 2 N–H and O–H groups in total. The Morgan fingerprint density at radius 2 is 2.46 bits per heavy atom. The molecule has 2 aromatic rings. The van der Waals surface area contributed by atoms with E-state index < -0.39 is 0 Å². The van der Waals surface area contributed by atoms with E-state index >= 15 is 0 Å². The van der Waals surface area contributed by atoms with E-state index in [1.807, 2.05) is 6.92 Å². The molecule has 6 nitrogen and oxygen atoms in total. The fraction of sp³-hybridized carbons (Fsp3) is 0.333. The lowest BCUT2D eigenvalue weighted by Gasteiger charge is -1.88. The van der Waals surface area contributed by atoms with Gasteiger partial charge in [0, 0.05) is 18.0 Å². The molecule has 0 radical (unpaired) electrons. The number of nitrogens with zero attached hydrogens (tertiary/aromatic N) is 5. The third kappa shape index (κ3) is 1.50. The van der Waals surface area contributed by atoms with E-state index in [0.29, 0.717) is 5.13 Å². The molecular formula is C6H8N6S. The molecule has 0 aliphatic heterocycles. The van der Waals surface area contributed by atoms with Crippen LogP contribution in [0.2, 0.25) is 0 Å². The first-order valence-electron chi connectivity index (χ1n) is 3.79. The van der Waals surface area contributed by atoms with Gasteiger partial charge in [-0.1, -0.05) is 6.92 Å². The van der Waals surface area contributed by atoms with Crippen molar-refractivity contribution >= 4 is 17.5 Å². The SMILES string of the molecule is CCc1nsc(-n2cnc(N)n2)n1. The lowest BCUT2D eigenvalue weighted by Crippen LogP contribution is -1.95. The van der Waals surface area contributed by atoms with Crippen LogP contribution in [-0.4, -0.2) is 24.1 Å². The van der Waals surface area contributed by atoms with E-state index in [4.69, 9.17) is 5.73 Å². The zero-order valence-corrected chi connectivity index (χ0v) is 7.82. The summed E-state index contributed by atoms with van der Waals surface area (Å²) in [5.74, 6) is 1.06. The standard InChI is InChI=1S/C6H8N6S/c1-2-4-9-6(13-11-4)12-3-8-5(7)10-12/h3H,2H2,1H3,(H2,7,10). The van der Waals surface area contributed by atoms with Crippen LogP contribution in [0.5, 0.6) is 0 Å². The van der Waals surface area contributed by atoms with Crippen molar-refractivity contribution in [3.05, 3.63) is 12.2 Å². The summed E-state index contributed by atoms with van der Waals surface area (Å²) in [4.78, 5) is 8.02. The molecule has 0 saturated carbocycles. The minimum absolute atomic E-state index is 0.244. The number of nitrogens with two attached hydrogens (primary N) is 1. The topological polar surface area (TPSA) is 82.5 Å². The van der Waals surface area contributed by atoms with E-state index in [2.05, 4.69) is 19.4 Å². The second kappa shape index (κ2) is 3.09. The van der Waals surface area contributed by atoms with Crippen molar-refractivity contribution in [2.75, 3.05) is 5.73 Å². The summed E-state index contributed by atoms with van der Waals surface area (Å²) in [6.07, 6.45) is 2.34. The normalized spacial score (nSPS) is 10.5. The predicted molar refractivity (Wildman–Crippen MR) is 48.6 cm³/mol. The van der Waals surface area contributed by atoms with Gasteiger partial charge in [-0.15, -0.1) is 5.10 Å². The van der Waals surface area contributed by atoms with Crippen LogP contribution in [0.4, 0.5) is 5.95 Å². The molecular weight excluding hydrogens is 188 g/mol. The highest BCUT2D eigenvalue weighted by Crippen LogP contribution is 2.09. The maximum atomic E-state index is 5.37. The van der Waals surface area contributed by atoms with Crippen molar-refractivity contribution < 1.29 is 0 Å². The molecule has 0 spiro atoms. The lowest BCUT2D eigenvalue weighted by atomic mass is 10.5. The molecule has 0 atom stereocenters. The average Bonchev–Trinajstić information content (AvgIpc) is 2.71. The first kappa shape index (κ1) is 8.11. The van der Waals surface area contributed by atoms with Crippen molar-refractivity contribution in [1.82, 2.24) is 24.1 Å². The molecule has 0 amide bonds. The fourth-order valence-corrected chi connectivity index (χ4v) is 1.52. The van der Waals surface area contributed by atoms with Crippen LogP contribution in [-0.2, 0) is 6.42 Å². The first-order valence-corrected chi connectivity index (χ1v) is 4.57. The van der Waals surface area contributed by atoms with Gasteiger partial charge in [-0.2, -0.15) is 9.06 Å². The molecule has 0 fully saturated rings. The summed E-state index contributed by atoms with van der Waals surface area (Å²) in [5.41, 5.74) is 5.37. The summed E-state index contributed by atoms with van der Waals surface area (Å²) in [6.45, 7) is 2.00. The van der Waals surface area contributed by atoms with Gasteiger partial charge in [0.25, 0.3) is 0 Å². The highest BCUT2D eigenvalue weighted by molar-refractivity contribution is 7.08. The van der Waals surface area contributed by atoms with Crippen molar-refractivity contribution in [2.45, 2.75) is 13.3 Å². The summed E-state index contributed by atoms with van der Waals surface area (Å²) < 4.78 is 5.64. The van der Waals surface area contributed by atoms with Crippen molar-refractivity contribution in [1.29, 1.82) is 0 Å². The largest absolute Gasteiger partial charge is 0.366 e. The average molecular weight is 196 g/mol. The van der Waals surface area contributed by atoms with Gasteiger partial charge in [-0.25, -0.2) is 9.97 Å². The highest BCUT2D eigenvalue weighted by Gasteiger charge is 2.05. The van der Waals surface area contributed by atoms with Crippen LogP contribution in [0.15, 0.2) is 6.33 Å². The van der Waals surface area contributed by atoms with Gasteiger partial charge in [0.1, 0.15) is 12.2 Å². The molecule has 2 heterocycles. The zero-order valence-electron chi connectivity index (χ0n) is 7.01. The quantitative estimate of drug-likeness (QED) is 0.745. The van der Waals surface area contributed by atoms with Gasteiger partial charge < -0.3 is 5.73 Å². The second-order valence-corrected chi connectivity index (χ2v) is 3.12. The number of anilines is 1. The van der Waals surface area contributed by atoms with Crippen molar-refractivity contribution in [3.8, 4) is 5.13 Å². The van der Waals surface area contributed by atoms with E-state index in [1.54, 1.807) is 0 Å². The van der Waals surface area contributed by atoms with Gasteiger partial charge in [-0.3, -0.25) is 0 Å². The number of nitrogen functional groups attached to an aromatic ring is 1. The van der Waals surface area contributed by atoms with E-state index in [9.17, 15) is 0 Å². The Morgan fingerprint density at radius 1 is 1.62 bits per heavy atom. The number of rotatable bonds is 2.